The molecule has 0 atom stereocenters. The fraction of sp³-hybridized carbons (Fsp3) is 0.370. The molecule has 0 amide bonds. The van der Waals surface area contributed by atoms with Crippen molar-refractivity contribution in [1.29, 1.82) is 0 Å². The quantitative estimate of drug-likeness (QED) is 0.0986. The molecular formula is C27H33O11Si4. The van der Waals surface area contributed by atoms with Gasteiger partial charge in [-0.1, -0.05) is 12.8 Å². The molecule has 2 aromatic carbocycles. The lowest BCUT2D eigenvalue weighted by Crippen LogP contribution is -2.52. The van der Waals surface area contributed by atoms with Crippen LogP contribution in [0, 0.1) is 0 Å². The second-order valence-corrected chi connectivity index (χ2v) is 18.7. The number of rotatable bonds is 10. The maximum Gasteiger partial charge on any atom is 0.362 e. The predicted octanol–water partition coefficient (Wildman–Crippen LogP) is 4.85. The Morgan fingerprint density at radius 2 is 1.50 bits per heavy atom. The Morgan fingerprint density at radius 3 is 2.17 bits per heavy atom. The van der Waals surface area contributed by atoms with Crippen LogP contribution in [0.4, 0.5) is 0 Å². The number of fused-ring (bicyclic) bond motifs is 1. The number of methoxy groups -OCH3 is 1. The highest BCUT2D eigenvalue weighted by atomic mass is 28.5. The smallest absolute Gasteiger partial charge is 0.362 e. The van der Waals surface area contributed by atoms with Crippen LogP contribution in [0.3, 0.4) is 0 Å². The molecule has 0 unspecified atom stereocenters. The van der Waals surface area contributed by atoms with Crippen molar-refractivity contribution in [2.24, 2.45) is 0 Å². The Hall–Kier alpha value is -2.90. The number of hydrogen-bond donors (Lipinski definition) is 0. The molecule has 0 spiro atoms. The highest BCUT2D eigenvalue weighted by Gasteiger charge is 2.40. The van der Waals surface area contributed by atoms with E-state index in [0.717, 1.165) is 25.3 Å². The molecule has 4 rings (SSSR count). The van der Waals surface area contributed by atoms with E-state index in [4.69, 9.17) is 30.4 Å². The molecular weight excluding hydrogens is 613 g/mol. The van der Waals surface area contributed by atoms with Crippen LogP contribution in [-0.2, 0) is 21.2 Å². The van der Waals surface area contributed by atoms with Gasteiger partial charge < -0.3 is 35.1 Å². The monoisotopic (exact) mass is 645 g/mol. The van der Waals surface area contributed by atoms with Gasteiger partial charge in [0.15, 0.2) is 0 Å². The SMILES string of the molecule is COC(=O)c1cc2ccc(OC(=O)c3ccc(OCCCCC[Si]4(C)O[Si](C)O[Si](C)O[Si](C)O4)cc3)cc2oc1=O. The van der Waals surface area contributed by atoms with Gasteiger partial charge in [-0.3, -0.25) is 0 Å². The molecule has 1 aromatic heterocycles. The number of carbonyl (C=O) groups is 2. The lowest BCUT2D eigenvalue weighted by atomic mass is 10.2. The zero-order valence-corrected chi connectivity index (χ0v) is 28.1. The molecule has 1 aliphatic rings. The van der Waals surface area contributed by atoms with Gasteiger partial charge in [-0.2, -0.15) is 0 Å². The summed E-state index contributed by atoms with van der Waals surface area (Å²) in [6.07, 6.45) is 2.81. The van der Waals surface area contributed by atoms with Crippen molar-refractivity contribution in [2.75, 3.05) is 13.7 Å². The van der Waals surface area contributed by atoms with Gasteiger partial charge in [-0.15, -0.1) is 0 Å². The standard InChI is InChI=1S/C27H33O11Si4/c1-31-26(29)23-17-20-11-14-22(18-24(20)34-27(23)30)33-25(28)19-9-12-21(13-10-19)32-15-7-6-8-16-42(5)37-40(3)35-39(2)36-41(4)38-42/h9-14,17-18H,6-8,15-16H2,1-5H3. The van der Waals surface area contributed by atoms with E-state index >= 15 is 0 Å². The van der Waals surface area contributed by atoms with E-state index in [1.54, 1.807) is 36.4 Å². The molecule has 3 radical (unpaired) electrons. The normalized spacial score (nSPS) is 16.5. The molecule has 0 aliphatic carbocycles. The highest BCUT2D eigenvalue weighted by Crippen LogP contribution is 2.24. The molecule has 0 N–H and O–H groups in total. The second kappa shape index (κ2) is 14.5. The summed E-state index contributed by atoms with van der Waals surface area (Å²) >= 11 is 0. The van der Waals surface area contributed by atoms with Crippen LogP contribution in [-0.4, -0.2) is 62.1 Å². The molecule has 2 heterocycles. The minimum Gasteiger partial charge on any atom is -0.494 e. The summed E-state index contributed by atoms with van der Waals surface area (Å²) in [5, 5.41) is 0.487. The number of unbranched alkanes of at least 4 members (excludes halogenated alkanes) is 2. The van der Waals surface area contributed by atoms with Crippen LogP contribution < -0.4 is 15.1 Å². The van der Waals surface area contributed by atoms with Crippen LogP contribution in [0.2, 0.25) is 32.2 Å². The predicted molar refractivity (Wildman–Crippen MR) is 160 cm³/mol. The maximum atomic E-state index is 12.7. The third kappa shape index (κ3) is 8.80. The van der Waals surface area contributed by atoms with Gasteiger partial charge in [-0.25, -0.2) is 14.4 Å². The Labute approximate surface area is 250 Å². The highest BCUT2D eigenvalue weighted by molar-refractivity contribution is 6.81. The minimum atomic E-state index is -2.33. The van der Waals surface area contributed by atoms with Crippen LogP contribution in [0.25, 0.3) is 11.0 Å². The number of carbonyl (C=O) groups excluding carboxylic acids is 2. The summed E-state index contributed by atoms with van der Waals surface area (Å²) in [6.45, 7) is 8.61. The summed E-state index contributed by atoms with van der Waals surface area (Å²) in [6, 6.07) is 13.5. The fourth-order valence-electron chi connectivity index (χ4n) is 4.37. The van der Waals surface area contributed by atoms with Crippen LogP contribution in [0.1, 0.15) is 40.0 Å². The first-order valence-electron chi connectivity index (χ1n) is 13.4. The number of hydrogen-bond acceptors (Lipinski definition) is 11. The van der Waals surface area contributed by atoms with Gasteiger partial charge in [0.2, 0.25) is 0 Å². The average molecular weight is 646 g/mol. The first-order chi connectivity index (χ1) is 20.0. The molecule has 223 valence electrons. The molecule has 42 heavy (non-hydrogen) atoms. The van der Waals surface area contributed by atoms with E-state index < -0.39 is 54.0 Å². The second-order valence-electron chi connectivity index (χ2n) is 9.73. The minimum absolute atomic E-state index is 0.175. The first kappa shape index (κ1) is 32.0. The van der Waals surface area contributed by atoms with Crippen molar-refractivity contribution in [2.45, 2.75) is 51.5 Å². The lowest BCUT2D eigenvalue weighted by molar-refractivity contribution is 0.0595. The van der Waals surface area contributed by atoms with E-state index in [9.17, 15) is 14.4 Å². The summed E-state index contributed by atoms with van der Waals surface area (Å²) in [7, 11) is -5.19. The summed E-state index contributed by atoms with van der Waals surface area (Å²) in [5.41, 5.74) is -0.543. The first-order valence-corrected chi connectivity index (χ1v) is 21.4. The van der Waals surface area contributed by atoms with E-state index in [-0.39, 0.29) is 16.9 Å². The lowest BCUT2D eigenvalue weighted by Gasteiger charge is -2.35. The Bertz CT molecular complexity index is 1430. The van der Waals surface area contributed by atoms with Crippen molar-refractivity contribution in [3.63, 3.8) is 0 Å². The van der Waals surface area contributed by atoms with Gasteiger partial charge >= 0.3 is 54.0 Å². The van der Waals surface area contributed by atoms with Crippen LogP contribution in [0.15, 0.2) is 57.7 Å². The van der Waals surface area contributed by atoms with Gasteiger partial charge in [0.1, 0.15) is 22.6 Å². The maximum absolute atomic E-state index is 12.7. The summed E-state index contributed by atoms with van der Waals surface area (Å²) in [4.78, 5) is 36.4. The van der Waals surface area contributed by atoms with Crippen molar-refractivity contribution in [3.05, 3.63) is 70.1 Å². The van der Waals surface area contributed by atoms with E-state index in [0.29, 0.717) is 23.3 Å². The van der Waals surface area contributed by atoms with E-state index in [2.05, 4.69) is 11.3 Å². The zero-order chi connectivity index (χ0) is 30.3. The van der Waals surface area contributed by atoms with Gasteiger partial charge in [0.25, 0.3) is 0 Å². The van der Waals surface area contributed by atoms with E-state index in [1.807, 2.05) is 19.6 Å². The topological polar surface area (TPSA) is 129 Å². The Kier molecular flexibility index (Phi) is 11.1. The molecule has 1 aliphatic heterocycles. The van der Waals surface area contributed by atoms with Gasteiger partial charge in [-0.05, 0) is 81.1 Å². The van der Waals surface area contributed by atoms with Crippen LogP contribution in [0.5, 0.6) is 11.5 Å². The molecule has 0 bridgehead atoms. The molecule has 3 aromatic rings. The largest absolute Gasteiger partial charge is 0.494 e. The third-order valence-corrected chi connectivity index (χ3v) is 17.9. The van der Waals surface area contributed by atoms with Crippen LogP contribution >= 0.6 is 0 Å². The Morgan fingerprint density at radius 1 is 0.833 bits per heavy atom. The Balaban J connectivity index is 1.22. The molecule has 15 heteroatoms. The molecule has 11 nitrogen and oxygen atoms in total. The molecule has 1 saturated heterocycles. The molecule has 1 fully saturated rings. The summed E-state index contributed by atoms with van der Waals surface area (Å²) < 4.78 is 45.4. The third-order valence-electron chi connectivity index (χ3n) is 6.25. The molecule has 0 saturated carbocycles. The number of ether oxygens (including phenoxy) is 3. The summed E-state index contributed by atoms with van der Waals surface area (Å²) in [5.74, 6) is -0.525. The average Bonchev–Trinajstić information content (AvgIpc) is 2.93. The van der Waals surface area contributed by atoms with E-state index in [1.165, 1.54) is 19.2 Å². The van der Waals surface area contributed by atoms with Gasteiger partial charge in [0, 0.05) is 11.5 Å². The van der Waals surface area contributed by atoms with Crippen molar-refractivity contribution < 1.29 is 44.7 Å². The fourth-order valence-corrected chi connectivity index (χ4v) is 16.4. The van der Waals surface area contributed by atoms with Crippen molar-refractivity contribution >= 4 is 59.3 Å². The zero-order valence-electron chi connectivity index (χ0n) is 24.1. The van der Waals surface area contributed by atoms with Crippen molar-refractivity contribution in [1.82, 2.24) is 0 Å². The van der Waals surface area contributed by atoms with Crippen molar-refractivity contribution in [3.8, 4) is 11.5 Å². The number of benzene rings is 2. The van der Waals surface area contributed by atoms with Gasteiger partial charge in [0.05, 0.1) is 19.3 Å². The number of esters is 2.